The van der Waals surface area contributed by atoms with Gasteiger partial charge in [0.25, 0.3) is 0 Å². The summed E-state index contributed by atoms with van der Waals surface area (Å²) in [4.78, 5) is 0.861. The van der Waals surface area contributed by atoms with Crippen molar-refractivity contribution in [2.75, 3.05) is 6.54 Å². The van der Waals surface area contributed by atoms with Gasteiger partial charge in [-0.05, 0) is 6.54 Å². The third kappa shape index (κ3) is 1.42. The van der Waals surface area contributed by atoms with Gasteiger partial charge in [-0.15, -0.1) is 10.2 Å². The SMILES string of the molecule is CCc1nnc2sc(CCN)nn12. The summed E-state index contributed by atoms with van der Waals surface area (Å²) in [5.74, 6) is 0.912. The maximum Gasteiger partial charge on any atom is 0.234 e. The largest absolute Gasteiger partial charge is 0.330 e. The number of aryl methyl sites for hydroxylation is 1. The molecule has 0 spiro atoms. The van der Waals surface area contributed by atoms with Crippen LogP contribution >= 0.6 is 11.3 Å². The van der Waals surface area contributed by atoms with E-state index in [2.05, 4.69) is 15.3 Å². The van der Waals surface area contributed by atoms with Crippen LogP contribution in [-0.2, 0) is 12.8 Å². The highest BCUT2D eigenvalue weighted by molar-refractivity contribution is 7.16. The van der Waals surface area contributed by atoms with E-state index in [0.29, 0.717) is 6.54 Å². The molecule has 0 aliphatic rings. The van der Waals surface area contributed by atoms with Crippen LogP contribution in [0.5, 0.6) is 0 Å². The van der Waals surface area contributed by atoms with Crippen molar-refractivity contribution >= 4 is 16.3 Å². The van der Waals surface area contributed by atoms with Crippen LogP contribution in [0.2, 0.25) is 0 Å². The summed E-state index contributed by atoms with van der Waals surface area (Å²) in [6, 6.07) is 0. The van der Waals surface area contributed by atoms with E-state index in [9.17, 15) is 0 Å². The first-order chi connectivity index (χ1) is 6.35. The maximum atomic E-state index is 5.44. The lowest BCUT2D eigenvalue weighted by molar-refractivity contribution is 0.803. The smallest absolute Gasteiger partial charge is 0.234 e. The van der Waals surface area contributed by atoms with Gasteiger partial charge in [0, 0.05) is 12.8 Å². The lowest BCUT2D eigenvalue weighted by Crippen LogP contribution is -2.03. The summed E-state index contributed by atoms with van der Waals surface area (Å²) in [5.41, 5.74) is 5.44. The second-order valence-electron chi connectivity index (χ2n) is 2.70. The molecule has 2 heterocycles. The van der Waals surface area contributed by atoms with Crippen molar-refractivity contribution in [1.82, 2.24) is 19.8 Å². The predicted octanol–water partition coefficient (Wildman–Crippen LogP) is 0.249. The molecule has 0 saturated heterocycles. The van der Waals surface area contributed by atoms with Gasteiger partial charge < -0.3 is 5.73 Å². The van der Waals surface area contributed by atoms with E-state index in [-0.39, 0.29) is 0 Å². The molecule has 0 saturated carbocycles. The molecule has 0 amide bonds. The summed E-state index contributed by atoms with van der Waals surface area (Å²) < 4.78 is 1.80. The third-order valence-electron chi connectivity index (χ3n) is 1.77. The second-order valence-corrected chi connectivity index (χ2v) is 3.74. The summed E-state index contributed by atoms with van der Waals surface area (Å²) in [6.45, 7) is 2.67. The van der Waals surface area contributed by atoms with E-state index in [1.807, 2.05) is 6.92 Å². The molecule has 0 unspecified atom stereocenters. The normalized spacial score (nSPS) is 11.2. The van der Waals surface area contributed by atoms with E-state index in [1.54, 1.807) is 15.9 Å². The fraction of sp³-hybridized carbons (Fsp3) is 0.571. The van der Waals surface area contributed by atoms with Crippen LogP contribution in [0.3, 0.4) is 0 Å². The number of nitrogens with zero attached hydrogens (tertiary/aromatic N) is 4. The van der Waals surface area contributed by atoms with Gasteiger partial charge in [-0.2, -0.15) is 9.61 Å². The molecule has 0 radical (unpaired) electrons. The Kier molecular flexibility index (Phi) is 2.24. The third-order valence-corrected chi connectivity index (χ3v) is 2.73. The highest BCUT2D eigenvalue weighted by atomic mass is 32.1. The van der Waals surface area contributed by atoms with E-state index >= 15 is 0 Å². The minimum absolute atomic E-state index is 0.631. The average Bonchev–Trinajstić information content (AvgIpc) is 2.63. The lowest BCUT2D eigenvalue weighted by Gasteiger charge is -1.88. The molecular formula is C7H11N5S. The minimum Gasteiger partial charge on any atom is -0.330 e. The van der Waals surface area contributed by atoms with Crippen molar-refractivity contribution in [2.24, 2.45) is 5.73 Å². The molecule has 0 aliphatic carbocycles. The molecule has 70 valence electrons. The van der Waals surface area contributed by atoms with Gasteiger partial charge in [0.1, 0.15) is 5.01 Å². The van der Waals surface area contributed by atoms with Crippen molar-refractivity contribution in [1.29, 1.82) is 0 Å². The van der Waals surface area contributed by atoms with Crippen molar-refractivity contribution in [2.45, 2.75) is 19.8 Å². The zero-order valence-electron chi connectivity index (χ0n) is 7.40. The zero-order valence-corrected chi connectivity index (χ0v) is 8.21. The molecule has 13 heavy (non-hydrogen) atoms. The van der Waals surface area contributed by atoms with Crippen LogP contribution in [-0.4, -0.2) is 26.4 Å². The molecule has 2 aromatic heterocycles. The molecule has 2 aromatic rings. The number of fused-ring (bicyclic) bond motifs is 1. The Morgan fingerprint density at radius 1 is 1.46 bits per heavy atom. The van der Waals surface area contributed by atoms with E-state index in [4.69, 9.17) is 5.73 Å². The summed E-state index contributed by atoms with van der Waals surface area (Å²) in [5, 5.41) is 13.4. The standard InChI is InChI=1S/C7H11N5S/c1-2-5-9-10-7-12(5)11-6(13-7)3-4-8/h2-4,8H2,1H3. The lowest BCUT2D eigenvalue weighted by atomic mass is 10.5. The fourth-order valence-electron chi connectivity index (χ4n) is 1.14. The first-order valence-electron chi connectivity index (χ1n) is 4.25. The topological polar surface area (TPSA) is 69.1 Å². The maximum absolute atomic E-state index is 5.44. The van der Waals surface area contributed by atoms with Gasteiger partial charge >= 0.3 is 0 Å². The van der Waals surface area contributed by atoms with Gasteiger partial charge in [-0.1, -0.05) is 18.3 Å². The summed E-state index contributed by atoms with van der Waals surface area (Å²) in [7, 11) is 0. The molecule has 2 N–H and O–H groups in total. The predicted molar refractivity (Wildman–Crippen MR) is 50.8 cm³/mol. The highest BCUT2D eigenvalue weighted by Crippen LogP contribution is 2.13. The Labute approximate surface area is 79.6 Å². The van der Waals surface area contributed by atoms with Crippen LogP contribution in [0.4, 0.5) is 0 Å². The van der Waals surface area contributed by atoms with Crippen molar-refractivity contribution in [3.8, 4) is 0 Å². The Morgan fingerprint density at radius 2 is 2.31 bits per heavy atom. The molecule has 2 rings (SSSR count). The summed E-state index contributed by atoms with van der Waals surface area (Å²) >= 11 is 1.56. The van der Waals surface area contributed by atoms with Crippen LogP contribution in [0.25, 0.3) is 4.96 Å². The molecule has 0 aromatic carbocycles. The van der Waals surface area contributed by atoms with Gasteiger partial charge in [0.15, 0.2) is 5.82 Å². The number of rotatable bonds is 3. The number of aromatic nitrogens is 4. The molecule has 6 heteroatoms. The van der Waals surface area contributed by atoms with Crippen LogP contribution in [0, 0.1) is 0 Å². The molecule has 0 bridgehead atoms. The van der Waals surface area contributed by atoms with Gasteiger partial charge in [-0.25, -0.2) is 0 Å². The van der Waals surface area contributed by atoms with E-state index in [1.165, 1.54) is 0 Å². The van der Waals surface area contributed by atoms with E-state index < -0.39 is 0 Å². The fourth-order valence-corrected chi connectivity index (χ4v) is 2.01. The number of hydrogen-bond acceptors (Lipinski definition) is 5. The van der Waals surface area contributed by atoms with Gasteiger partial charge in [-0.3, -0.25) is 0 Å². The molecule has 0 atom stereocenters. The van der Waals surface area contributed by atoms with Crippen LogP contribution < -0.4 is 5.73 Å². The van der Waals surface area contributed by atoms with Crippen LogP contribution in [0.1, 0.15) is 17.8 Å². The van der Waals surface area contributed by atoms with Crippen LogP contribution in [0.15, 0.2) is 0 Å². The Balaban J connectivity index is 2.44. The van der Waals surface area contributed by atoms with Gasteiger partial charge in [0.05, 0.1) is 0 Å². The second kappa shape index (κ2) is 3.39. The quantitative estimate of drug-likeness (QED) is 0.765. The molecule has 0 fully saturated rings. The Morgan fingerprint density at radius 3 is 3.00 bits per heavy atom. The highest BCUT2D eigenvalue weighted by Gasteiger charge is 2.08. The van der Waals surface area contributed by atoms with Crippen molar-refractivity contribution in [3.63, 3.8) is 0 Å². The Bertz CT molecular complexity index is 404. The molecular weight excluding hydrogens is 186 g/mol. The molecule has 5 nitrogen and oxygen atoms in total. The van der Waals surface area contributed by atoms with E-state index in [0.717, 1.165) is 28.6 Å². The monoisotopic (exact) mass is 197 g/mol. The van der Waals surface area contributed by atoms with Gasteiger partial charge in [0.2, 0.25) is 4.96 Å². The van der Waals surface area contributed by atoms with Crippen molar-refractivity contribution in [3.05, 3.63) is 10.8 Å². The summed E-state index contributed by atoms with van der Waals surface area (Å²) in [6.07, 6.45) is 1.67. The number of nitrogens with two attached hydrogens (primary N) is 1. The Hall–Kier alpha value is -1.01. The van der Waals surface area contributed by atoms with Crippen molar-refractivity contribution < 1.29 is 0 Å². The minimum atomic E-state index is 0.631. The first kappa shape index (κ1) is 8.58. The zero-order chi connectivity index (χ0) is 9.26. The number of hydrogen-bond donors (Lipinski definition) is 1. The molecule has 0 aliphatic heterocycles. The average molecular weight is 197 g/mol. The first-order valence-corrected chi connectivity index (χ1v) is 5.07.